The molecule has 22 heavy (non-hydrogen) atoms. The van der Waals surface area contributed by atoms with E-state index in [2.05, 4.69) is 61.0 Å². The normalized spacial score (nSPS) is 18.0. The fourth-order valence-electron chi connectivity index (χ4n) is 3.00. The first kappa shape index (κ1) is 17.0. The summed E-state index contributed by atoms with van der Waals surface area (Å²) in [5, 5.41) is 10.0. The standard InChI is InChI=1S/C18H29N3O/c1-14(15-7-5-4-6-8-15)21-18(2,3)13-20-17(22)16-9-11-19-12-10-16/h4-8,14,16,19,21H,9-13H2,1-3H3,(H,20,22). The lowest BCUT2D eigenvalue weighted by molar-refractivity contribution is -0.126. The van der Waals surface area contributed by atoms with Gasteiger partial charge in [0.15, 0.2) is 0 Å². The minimum Gasteiger partial charge on any atom is -0.354 e. The Morgan fingerprint density at radius 2 is 1.91 bits per heavy atom. The maximum Gasteiger partial charge on any atom is 0.223 e. The van der Waals surface area contributed by atoms with Gasteiger partial charge >= 0.3 is 0 Å². The van der Waals surface area contributed by atoms with Crippen molar-refractivity contribution in [1.82, 2.24) is 16.0 Å². The highest BCUT2D eigenvalue weighted by Crippen LogP contribution is 2.16. The maximum absolute atomic E-state index is 12.2. The Kier molecular flexibility index (Phi) is 5.98. The van der Waals surface area contributed by atoms with Crippen LogP contribution in [0.1, 0.15) is 45.2 Å². The first-order chi connectivity index (χ1) is 10.5. The molecule has 0 aromatic heterocycles. The van der Waals surface area contributed by atoms with Gasteiger partial charge in [-0.25, -0.2) is 0 Å². The lowest BCUT2D eigenvalue weighted by Gasteiger charge is -2.32. The van der Waals surface area contributed by atoms with Crippen molar-refractivity contribution in [2.75, 3.05) is 19.6 Å². The molecule has 1 aliphatic rings. The van der Waals surface area contributed by atoms with Gasteiger partial charge in [-0.3, -0.25) is 4.79 Å². The second-order valence-electron chi connectivity index (χ2n) is 6.90. The minimum atomic E-state index is -0.141. The van der Waals surface area contributed by atoms with Gasteiger partial charge in [-0.05, 0) is 52.3 Å². The quantitative estimate of drug-likeness (QED) is 0.755. The third-order valence-corrected chi connectivity index (χ3v) is 4.32. The van der Waals surface area contributed by atoms with Crippen LogP contribution in [-0.2, 0) is 4.79 Å². The molecule has 1 saturated heterocycles. The Labute approximate surface area is 134 Å². The second kappa shape index (κ2) is 7.75. The number of hydrogen-bond acceptors (Lipinski definition) is 3. The van der Waals surface area contributed by atoms with Gasteiger partial charge in [-0.1, -0.05) is 30.3 Å². The van der Waals surface area contributed by atoms with Crippen LogP contribution in [0.2, 0.25) is 0 Å². The molecule has 1 aromatic carbocycles. The molecule has 4 nitrogen and oxygen atoms in total. The Morgan fingerprint density at radius 3 is 2.55 bits per heavy atom. The number of nitrogens with one attached hydrogen (secondary N) is 3. The molecule has 3 N–H and O–H groups in total. The fraction of sp³-hybridized carbons (Fsp3) is 0.611. The van der Waals surface area contributed by atoms with Gasteiger partial charge in [0.05, 0.1) is 0 Å². The molecule has 1 unspecified atom stereocenters. The van der Waals surface area contributed by atoms with E-state index in [1.807, 2.05) is 6.07 Å². The predicted octanol–water partition coefficient (Wildman–Crippen LogP) is 2.23. The van der Waals surface area contributed by atoms with E-state index < -0.39 is 0 Å². The van der Waals surface area contributed by atoms with Crippen LogP contribution in [-0.4, -0.2) is 31.1 Å². The van der Waals surface area contributed by atoms with E-state index in [0.717, 1.165) is 25.9 Å². The van der Waals surface area contributed by atoms with E-state index in [1.54, 1.807) is 0 Å². The van der Waals surface area contributed by atoms with Crippen molar-refractivity contribution in [3.05, 3.63) is 35.9 Å². The van der Waals surface area contributed by atoms with E-state index in [1.165, 1.54) is 5.56 Å². The fourth-order valence-corrected chi connectivity index (χ4v) is 3.00. The first-order valence-corrected chi connectivity index (χ1v) is 8.29. The van der Waals surface area contributed by atoms with Crippen LogP contribution in [0, 0.1) is 5.92 Å². The van der Waals surface area contributed by atoms with Crippen LogP contribution in [0.15, 0.2) is 30.3 Å². The minimum absolute atomic E-state index is 0.141. The summed E-state index contributed by atoms with van der Waals surface area (Å²) in [6.07, 6.45) is 1.89. The highest BCUT2D eigenvalue weighted by atomic mass is 16.1. The molecule has 0 bridgehead atoms. The number of rotatable bonds is 6. The van der Waals surface area contributed by atoms with E-state index in [4.69, 9.17) is 0 Å². The Morgan fingerprint density at radius 1 is 1.27 bits per heavy atom. The molecule has 1 amide bonds. The van der Waals surface area contributed by atoms with Crippen molar-refractivity contribution < 1.29 is 4.79 Å². The van der Waals surface area contributed by atoms with E-state index >= 15 is 0 Å². The van der Waals surface area contributed by atoms with Crippen LogP contribution in [0.4, 0.5) is 0 Å². The number of carbonyl (C=O) groups is 1. The Hall–Kier alpha value is -1.39. The molecule has 1 fully saturated rings. The summed E-state index contributed by atoms with van der Waals surface area (Å²) in [4.78, 5) is 12.2. The smallest absolute Gasteiger partial charge is 0.223 e. The number of amides is 1. The average Bonchev–Trinajstić information content (AvgIpc) is 2.54. The van der Waals surface area contributed by atoms with Crippen molar-refractivity contribution in [2.24, 2.45) is 5.92 Å². The number of hydrogen-bond donors (Lipinski definition) is 3. The van der Waals surface area contributed by atoms with Crippen LogP contribution in [0.3, 0.4) is 0 Å². The van der Waals surface area contributed by atoms with Gasteiger partial charge in [0.2, 0.25) is 5.91 Å². The number of piperidine rings is 1. The molecule has 1 aromatic rings. The monoisotopic (exact) mass is 303 g/mol. The predicted molar refractivity (Wildman–Crippen MR) is 90.7 cm³/mol. The number of carbonyl (C=O) groups excluding carboxylic acids is 1. The summed E-state index contributed by atoms with van der Waals surface area (Å²) >= 11 is 0. The van der Waals surface area contributed by atoms with Gasteiger partial charge in [0.25, 0.3) is 0 Å². The summed E-state index contributed by atoms with van der Waals surface area (Å²) in [5.41, 5.74) is 1.12. The highest BCUT2D eigenvalue weighted by molar-refractivity contribution is 5.78. The molecule has 122 valence electrons. The molecule has 0 aliphatic carbocycles. The molecular formula is C18H29N3O. The summed E-state index contributed by atoms with van der Waals surface area (Å²) in [7, 11) is 0. The maximum atomic E-state index is 12.2. The van der Waals surface area contributed by atoms with Gasteiger partial charge in [0.1, 0.15) is 0 Å². The molecule has 0 radical (unpaired) electrons. The van der Waals surface area contributed by atoms with Crippen molar-refractivity contribution in [2.45, 2.75) is 45.2 Å². The van der Waals surface area contributed by atoms with E-state index in [9.17, 15) is 4.79 Å². The van der Waals surface area contributed by atoms with Crippen LogP contribution < -0.4 is 16.0 Å². The molecule has 0 saturated carbocycles. The lowest BCUT2D eigenvalue weighted by atomic mass is 9.96. The third-order valence-electron chi connectivity index (χ3n) is 4.32. The van der Waals surface area contributed by atoms with Crippen LogP contribution >= 0.6 is 0 Å². The summed E-state index contributed by atoms with van der Waals surface area (Å²) in [6, 6.07) is 10.6. The highest BCUT2D eigenvalue weighted by Gasteiger charge is 2.25. The zero-order valence-corrected chi connectivity index (χ0v) is 14.0. The summed E-state index contributed by atoms with van der Waals surface area (Å²) < 4.78 is 0. The average molecular weight is 303 g/mol. The van der Waals surface area contributed by atoms with Gasteiger partial charge in [-0.15, -0.1) is 0 Å². The van der Waals surface area contributed by atoms with Gasteiger partial charge < -0.3 is 16.0 Å². The van der Waals surface area contributed by atoms with E-state index in [0.29, 0.717) is 6.54 Å². The summed E-state index contributed by atoms with van der Waals surface area (Å²) in [5.74, 6) is 0.368. The molecule has 2 rings (SSSR count). The molecule has 1 aliphatic heterocycles. The van der Waals surface area contributed by atoms with E-state index in [-0.39, 0.29) is 23.4 Å². The molecule has 1 atom stereocenters. The van der Waals surface area contributed by atoms with Crippen molar-refractivity contribution in [3.63, 3.8) is 0 Å². The zero-order valence-electron chi connectivity index (χ0n) is 14.0. The topological polar surface area (TPSA) is 53.2 Å². The Bertz CT molecular complexity index is 466. The van der Waals surface area contributed by atoms with Crippen molar-refractivity contribution >= 4 is 5.91 Å². The van der Waals surface area contributed by atoms with Crippen molar-refractivity contribution in [3.8, 4) is 0 Å². The Balaban J connectivity index is 1.81. The number of benzene rings is 1. The van der Waals surface area contributed by atoms with Crippen molar-refractivity contribution in [1.29, 1.82) is 0 Å². The third kappa shape index (κ3) is 5.11. The SMILES string of the molecule is CC(NC(C)(C)CNC(=O)C1CCNCC1)c1ccccc1. The second-order valence-corrected chi connectivity index (χ2v) is 6.90. The van der Waals surface area contributed by atoms with Gasteiger partial charge in [-0.2, -0.15) is 0 Å². The largest absolute Gasteiger partial charge is 0.354 e. The molecule has 4 heteroatoms. The lowest BCUT2D eigenvalue weighted by Crippen LogP contribution is -2.51. The van der Waals surface area contributed by atoms with Gasteiger partial charge in [0, 0.05) is 24.0 Å². The van der Waals surface area contributed by atoms with Crippen LogP contribution in [0.5, 0.6) is 0 Å². The first-order valence-electron chi connectivity index (χ1n) is 8.29. The molecular weight excluding hydrogens is 274 g/mol. The molecule has 0 spiro atoms. The molecule has 1 heterocycles. The van der Waals surface area contributed by atoms with Crippen LogP contribution in [0.25, 0.3) is 0 Å². The summed E-state index contributed by atoms with van der Waals surface area (Å²) in [6.45, 7) is 8.97. The zero-order chi connectivity index (χ0) is 16.0.